The Balaban J connectivity index is 1.53. The summed E-state index contributed by atoms with van der Waals surface area (Å²) in [5.41, 5.74) is 2.39. The van der Waals surface area contributed by atoms with Crippen molar-refractivity contribution in [3.63, 3.8) is 0 Å². The van der Waals surface area contributed by atoms with Crippen LogP contribution in [0.4, 0.5) is 10.5 Å². The van der Waals surface area contributed by atoms with Crippen LogP contribution in [-0.4, -0.2) is 60.0 Å². The van der Waals surface area contributed by atoms with E-state index in [0.717, 1.165) is 57.5 Å². The van der Waals surface area contributed by atoms with Crippen molar-refractivity contribution in [3.05, 3.63) is 29.8 Å². The summed E-state index contributed by atoms with van der Waals surface area (Å²) in [6.07, 6.45) is 7.00. The molecule has 6 heteroatoms. The molecule has 2 fully saturated rings. The maximum Gasteiger partial charge on any atom is 0.318 e. The summed E-state index contributed by atoms with van der Waals surface area (Å²) >= 11 is 0. The first kappa shape index (κ1) is 23.4. The van der Waals surface area contributed by atoms with Gasteiger partial charge in [-0.1, -0.05) is 44.4 Å². The molecule has 172 valence electrons. The lowest BCUT2D eigenvalue weighted by Gasteiger charge is -2.36. The summed E-state index contributed by atoms with van der Waals surface area (Å²) in [7, 11) is 0. The molecule has 1 unspecified atom stereocenters. The quantitative estimate of drug-likeness (QED) is 0.706. The Morgan fingerprint density at radius 2 is 1.55 bits per heavy atom. The highest BCUT2D eigenvalue weighted by Gasteiger charge is 2.31. The summed E-state index contributed by atoms with van der Waals surface area (Å²) in [6, 6.07) is 8.33. The molecule has 1 aromatic rings. The first-order chi connectivity index (χ1) is 14.9. The van der Waals surface area contributed by atoms with Crippen LogP contribution >= 0.6 is 0 Å². The van der Waals surface area contributed by atoms with Crippen molar-refractivity contribution in [3.8, 4) is 0 Å². The third kappa shape index (κ3) is 7.15. The Morgan fingerprint density at radius 3 is 2.13 bits per heavy atom. The number of hydrogen-bond acceptors (Lipinski definition) is 3. The monoisotopic (exact) mass is 428 g/mol. The van der Waals surface area contributed by atoms with Gasteiger partial charge in [0.2, 0.25) is 5.91 Å². The second-order valence-electron chi connectivity index (χ2n) is 9.64. The fourth-order valence-corrected chi connectivity index (χ4v) is 4.56. The van der Waals surface area contributed by atoms with Gasteiger partial charge in [-0.3, -0.25) is 4.79 Å². The van der Waals surface area contributed by atoms with E-state index in [9.17, 15) is 9.59 Å². The zero-order valence-corrected chi connectivity index (χ0v) is 19.5. The maximum atomic E-state index is 13.3. The number of amides is 3. The number of aryl methyl sites for hydroxylation is 1. The van der Waals surface area contributed by atoms with E-state index >= 15 is 0 Å². The lowest BCUT2D eigenvalue weighted by atomic mass is 9.99. The lowest BCUT2D eigenvalue weighted by Crippen LogP contribution is -2.54. The number of carbonyl (C=O) groups excluding carboxylic acids is 2. The molecule has 1 aromatic carbocycles. The van der Waals surface area contributed by atoms with E-state index in [4.69, 9.17) is 0 Å². The average molecular weight is 429 g/mol. The van der Waals surface area contributed by atoms with Gasteiger partial charge in [0.1, 0.15) is 6.04 Å². The zero-order chi connectivity index (χ0) is 22.2. The standard InChI is InChI=1S/C25H40N4O2/c1-19(2)18-23(27-25(31)29-14-6-4-5-7-15-29)24(30)28-16-12-22(13-17-28)26-21-10-8-20(3)9-11-21/h8-11,19,22-23,26H,4-7,12-18H2,1-3H3,(H,27,31). The van der Waals surface area contributed by atoms with Gasteiger partial charge >= 0.3 is 6.03 Å². The number of carbonyl (C=O) groups is 2. The first-order valence-electron chi connectivity index (χ1n) is 12.1. The van der Waals surface area contributed by atoms with Crippen molar-refractivity contribution in [2.24, 2.45) is 5.92 Å². The normalized spacial score (nSPS) is 19.1. The highest BCUT2D eigenvalue weighted by Crippen LogP contribution is 2.19. The van der Waals surface area contributed by atoms with Crippen LogP contribution in [0, 0.1) is 12.8 Å². The molecule has 3 amide bonds. The number of hydrogen-bond donors (Lipinski definition) is 2. The number of rotatable bonds is 6. The van der Waals surface area contributed by atoms with E-state index in [1.54, 1.807) is 0 Å². The average Bonchev–Trinajstić information content (AvgIpc) is 3.04. The van der Waals surface area contributed by atoms with Crippen LogP contribution in [0.2, 0.25) is 0 Å². The van der Waals surface area contributed by atoms with Gasteiger partial charge in [0.05, 0.1) is 0 Å². The van der Waals surface area contributed by atoms with Crippen LogP contribution in [0.25, 0.3) is 0 Å². The van der Waals surface area contributed by atoms with Crippen LogP contribution in [0.3, 0.4) is 0 Å². The number of anilines is 1. The van der Waals surface area contributed by atoms with E-state index in [0.29, 0.717) is 18.4 Å². The van der Waals surface area contributed by atoms with Gasteiger partial charge in [-0.15, -0.1) is 0 Å². The van der Waals surface area contributed by atoms with Crippen molar-refractivity contribution in [1.29, 1.82) is 0 Å². The van der Waals surface area contributed by atoms with Crippen LogP contribution in [0.1, 0.15) is 64.4 Å². The SMILES string of the molecule is Cc1ccc(NC2CCN(C(=O)C(CC(C)C)NC(=O)N3CCCCCC3)CC2)cc1. The Kier molecular flexibility index (Phi) is 8.61. The number of nitrogens with one attached hydrogen (secondary N) is 2. The molecule has 0 aromatic heterocycles. The van der Waals surface area contributed by atoms with Crippen molar-refractivity contribution in [2.75, 3.05) is 31.5 Å². The van der Waals surface area contributed by atoms with Crippen molar-refractivity contribution in [1.82, 2.24) is 15.1 Å². The zero-order valence-electron chi connectivity index (χ0n) is 19.5. The molecular weight excluding hydrogens is 388 g/mol. The first-order valence-corrected chi connectivity index (χ1v) is 12.1. The second kappa shape index (κ2) is 11.4. The molecular formula is C25H40N4O2. The minimum Gasteiger partial charge on any atom is -0.382 e. The van der Waals surface area contributed by atoms with Crippen molar-refractivity contribution < 1.29 is 9.59 Å². The fourth-order valence-electron chi connectivity index (χ4n) is 4.56. The van der Waals surface area contributed by atoms with Crippen LogP contribution in [0.5, 0.6) is 0 Å². The van der Waals surface area contributed by atoms with Gasteiger partial charge in [-0.25, -0.2) is 4.79 Å². The Morgan fingerprint density at radius 1 is 0.935 bits per heavy atom. The molecule has 2 N–H and O–H groups in total. The Bertz CT molecular complexity index is 703. The summed E-state index contributed by atoms with van der Waals surface area (Å²) in [5, 5.41) is 6.68. The van der Waals surface area contributed by atoms with Crippen molar-refractivity contribution in [2.45, 2.75) is 77.8 Å². The fraction of sp³-hybridized carbons (Fsp3) is 0.680. The van der Waals surface area contributed by atoms with Crippen LogP contribution < -0.4 is 10.6 Å². The number of benzene rings is 1. The van der Waals surface area contributed by atoms with E-state index in [2.05, 4.69) is 55.7 Å². The highest BCUT2D eigenvalue weighted by molar-refractivity contribution is 5.87. The topological polar surface area (TPSA) is 64.7 Å². The maximum absolute atomic E-state index is 13.3. The third-order valence-electron chi connectivity index (χ3n) is 6.43. The minimum absolute atomic E-state index is 0.0724. The van der Waals surface area contributed by atoms with Gasteiger partial charge in [-0.05, 0) is 57.1 Å². The van der Waals surface area contributed by atoms with Crippen molar-refractivity contribution >= 4 is 17.6 Å². The summed E-state index contributed by atoms with van der Waals surface area (Å²) in [6.45, 7) is 9.36. The van der Waals surface area contributed by atoms with Gasteiger partial charge in [-0.2, -0.15) is 0 Å². The van der Waals surface area contributed by atoms with Gasteiger partial charge in [0.15, 0.2) is 0 Å². The highest BCUT2D eigenvalue weighted by atomic mass is 16.2. The number of urea groups is 1. The van der Waals surface area contributed by atoms with E-state index in [-0.39, 0.29) is 11.9 Å². The molecule has 0 radical (unpaired) electrons. The Labute approximate surface area is 187 Å². The van der Waals surface area contributed by atoms with E-state index in [1.165, 1.54) is 18.4 Å². The molecule has 0 spiro atoms. The molecule has 31 heavy (non-hydrogen) atoms. The summed E-state index contributed by atoms with van der Waals surface area (Å²) in [5.74, 6) is 0.421. The molecule has 0 aliphatic carbocycles. The lowest BCUT2D eigenvalue weighted by molar-refractivity contribution is -0.134. The molecule has 3 rings (SSSR count). The van der Waals surface area contributed by atoms with Crippen LogP contribution in [0.15, 0.2) is 24.3 Å². The molecule has 2 heterocycles. The summed E-state index contributed by atoms with van der Waals surface area (Å²) in [4.78, 5) is 30.0. The largest absolute Gasteiger partial charge is 0.382 e. The van der Waals surface area contributed by atoms with Gasteiger partial charge in [0.25, 0.3) is 0 Å². The van der Waals surface area contributed by atoms with E-state index < -0.39 is 6.04 Å². The third-order valence-corrected chi connectivity index (χ3v) is 6.43. The van der Waals surface area contributed by atoms with Crippen LogP contribution in [-0.2, 0) is 4.79 Å². The molecule has 2 saturated heterocycles. The molecule has 2 aliphatic rings. The number of likely N-dealkylation sites (tertiary alicyclic amines) is 2. The molecule has 0 bridgehead atoms. The predicted octanol–water partition coefficient (Wildman–Crippen LogP) is 4.40. The molecule has 6 nitrogen and oxygen atoms in total. The minimum atomic E-state index is -0.433. The molecule has 2 aliphatic heterocycles. The molecule has 0 saturated carbocycles. The number of piperidine rings is 1. The van der Waals surface area contributed by atoms with Gasteiger partial charge in [0, 0.05) is 37.9 Å². The predicted molar refractivity (Wildman–Crippen MR) is 126 cm³/mol. The smallest absolute Gasteiger partial charge is 0.318 e. The number of nitrogens with zero attached hydrogens (tertiary/aromatic N) is 2. The van der Waals surface area contributed by atoms with Gasteiger partial charge < -0.3 is 20.4 Å². The second-order valence-corrected chi connectivity index (χ2v) is 9.64. The summed E-state index contributed by atoms with van der Waals surface area (Å²) < 4.78 is 0. The van der Waals surface area contributed by atoms with E-state index in [1.807, 2.05) is 9.80 Å². The molecule has 1 atom stereocenters. The Hall–Kier alpha value is -2.24.